The molecule has 1 aromatic rings. The second-order valence-corrected chi connectivity index (χ2v) is 5.75. The first-order chi connectivity index (χ1) is 9.91. The molecular weight excluding hydrogens is 268 g/mol. The number of rotatable bonds is 4. The molecule has 1 aliphatic heterocycles. The molecule has 2 rings (SSSR count). The second kappa shape index (κ2) is 6.45. The minimum Gasteiger partial charge on any atom is -0.377 e. The Morgan fingerprint density at radius 3 is 2.62 bits per heavy atom. The Hall–Kier alpha value is -1.59. The predicted octanol–water partition coefficient (Wildman–Crippen LogP) is 2.31. The van der Waals surface area contributed by atoms with Gasteiger partial charge in [-0.05, 0) is 45.4 Å². The third-order valence-corrected chi connectivity index (χ3v) is 3.46. The van der Waals surface area contributed by atoms with Crippen LogP contribution in [0.25, 0.3) is 0 Å². The number of aryl methyl sites for hydroxylation is 1. The number of carbonyl (C=O) groups is 1. The van der Waals surface area contributed by atoms with Gasteiger partial charge in [0.1, 0.15) is 0 Å². The number of benzene rings is 1. The summed E-state index contributed by atoms with van der Waals surface area (Å²) in [5.74, 6) is -0.575. The van der Waals surface area contributed by atoms with Gasteiger partial charge in [-0.2, -0.15) is 0 Å². The van der Waals surface area contributed by atoms with E-state index in [1.165, 1.54) is 0 Å². The van der Waals surface area contributed by atoms with Gasteiger partial charge in [0, 0.05) is 17.8 Å². The molecule has 0 spiro atoms. The molecule has 0 atom stereocenters. The molecule has 5 nitrogen and oxygen atoms in total. The van der Waals surface area contributed by atoms with E-state index in [1.807, 2.05) is 45.9 Å². The number of anilines is 1. The molecule has 1 heterocycles. The summed E-state index contributed by atoms with van der Waals surface area (Å²) in [5, 5.41) is 6.20. The molecule has 0 saturated carbocycles. The molecule has 0 radical (unpaired) electrons. The zero-order valence-electron chi connectivity index (χ0n) is 13.2. The minimum absolute atomic E-state index is 0.0576. The van der Waals surface area contributed by atoms with Gasteiger partial charge in [0.15, 0.2) is 5.79 Å². The quantitative estimate of drug-likeness (QED) is 0.894. The van der Waals surface area contributed by atoms with Crippen molar-refractivity contribution in [2.24, 2.45) is 0 Å². The van der Waals surface area contributed by atoms with E-state index in [4.69, 9.17) is 9.47 Å². The van der Waals surface area contributed by atoms with E-state index in [1.54, 1.807) is 0 Å². The maximum atomic E-state index is 11.9. The lowest BCUT2D eigenvalue weighted by Crippen LogP contribution is -2.45. The van der Waals surface area contributed by atoms with Crippen LogP contribution in [0.1, 0.15) is 36.7 Å². The molecule has 21 heavy (non-hydrogen) atoms. The van der Waals surface area contributed by atoms with Gasteiger partial charge in [0.05, 0.1) is 19.3 Å². The van der Waals surface area contributed by atoms with Gasteiger partial charge in [0.2, 0.25) is 0 Å². The molecule has 1 aliphatic rings. The van der Waals surface area contributed by atoms with Crippen molar-refractivity contribution in [3.63, 3.8) is 0 Å². The number of hydrogen-bond donors (Lipinski definition) is 2. The molecule has 1 saturated heterocycles. The molecule has 5 heteroatoms. The Bertz CT molecular complexity index is 504. The van der Waals surface area contributed by atoms with Crippen molar-refractivity contribution in [3.8, 4) is 0 Å². The Morgan fingerprint density at radius 1 is 1.33 bits per heavy atom. The molecule has 1 amide bonds. The van der Waals surface area contributed by atoms with Crippen LogP contribution in [-0.4, -0.2) is 37.5 Å². The zero-order valence-corrected chi connectivity index (χ0v) is 13.2. The van der Waals surface area contributed by atoms with Gasteiger partial charge < -0.3 is 20.1 Å². The van der Waals surface area contributed by atoms with Crippen LogP contribution in [0, 0.1) is 6.92 Å². The Labute approximate surface area is 126 Å². The van der Waals surface area contributed by atoms with Gasteiger partial charge in [0.25, 0.3) is 5.91 Å². The van der Waals surface area contributed by atoms with E-state index in [-0.39, 0.29) is 11.9 Å². The van der Waals surface area contributed by atoms with Crippen LogP contribution in [0.4, 0.5) is 5.69 Å². The van der Waals surface area contributed by atoms with E-state index >= 15 is 0 Å². The van der Waals surface area contributed by atoms with Gasteiger partial charge >= 0.3 is 0 Å². The lowest BCUT2D eigenvalue weighted by molar-refractivity contribution is -0.247. The maximum Gasteiger partial charge on any atom is 0.251 e. The summed E-state index contributed by atoms with van der Waals surface area (Å²) in [6, 6.07) is 5.74. The van der Waals surface area contributed by atoms with Crippen LogP contribution in [-0.2, 0) is 9.47 Å². The number of carbonyl (C=O) groups excluding carboxylic acids is 1. The first-order valence-electron chi connectivity index (χ1n) is 7.34. The highest BCUT2D eigenvalue weighted by Gasteiger charge is 2.28. The largest absolute Gasteiger partial charge is 0.377 e. The Morgan fingerprint density at radius 2 is 2.00 bits per heavy atom. The van der Waals surface area contributed by atoms with Gasteiger partial charge in [-0.3, -0.25) is 4.79 Å². The number of hydrogen-bond acceptors (Lipinski definition) is 4. The fourth-order valence-corrected chi connectivity index (χ4v) is 2.18. The summed E-state index contributed by atoms with van der Waals surface area (Å²) >= 11 is 0. The summed E-state index contributed by atoms with van der Waals surface area (Å²) < 4.78 is 11.3. The van der Waals surface area contributed by atoms with Crippen molar-refractivity contribution < 1.29 is 14.3 Å². The van der Waals surface area contributed by atoms with E-state index in [9.17, 15) is 4.79 Å². The van der Waals surface area contributed by atoms with Gasteiger partial charge in [-0.15, -0.1) is 0 Å². The maximum absolute atomic E-state index is 11.9. The van der Waals surface area contributed by atoms with Crippen LogP contribution in [0.5, 0.6) is 0 Å². The number of amides is 1. The lowest BCUT2D eigenvalue weighted by Gasteiger charge is -2.35. The van der Waals surface area contributed by atoms with E-state index in [0.717, 1.165) is 11.3 Å². The molecule has 0 bridgehead atoms. The fourth-order valence-electron chi connectivity index (χ4n) is 2.18. The van der Waals surface area contributed by atoms with Crippen LogP contribution < -0.4 is 10.6 Å². The van der Waals surface area contributed by atoms with Crippen molar-refractivity contribution in [2.45, 2.75) is 39.5 Å². The monoisotopic (exact) mass is 292 g/mol. The highest BCUT2D eigenvalue weighted by atomic mass is 16.7. The number of ether oxygens (including phenoxy) is 2. The highest BCUT2D eigenvalue weighted by molar-refractivity contribution is 5.95. The average molecular weight is 292 g/mol. The number of nitrogens with one attached hydrogen (secondary N) is 2. The molecule has 2 N–H and O–H groups in total. The standard InChI is InChI=1S/C16H24N2O3/c1-5-17-15(19)12-7-6-11(2)14(8-12)18-13-9-20-16(3,4)21-10-13/h6-8,13,18H,5,9-10H2,1-4H3,(H,17,19). The van der Waals surface area contributed by atoms with Crippen molar-refractivity contribution in [1.29, 1.82) is 0 Å². The minimum atomic E-state index is -0.518. The second-order valence-electron chi connectivity index (χ2n) is 5.75. The summed E-state index contributed by atoms with van der Waals surface area (Å²) in [6.07, 6.45) is 0. The summed E-state index contributed by atoms with van der Waals surface area (Å²) in [6.45, 7) is 9.51. The van der Waals surface area contributed by atoms with Crippen LogP contribution in [0.15, 0.2) is 18.2 Å². The van der Waals surface area contributed by atoms with Crippen LogP contribution in [0.3, 0.4) is 0 Å². The van der Waals surface area contributed by atoms with Crippen molar-refractivity contribution in [2.75, 3.05) is 25.1 Å². The first kappa shape index (κ1) is 15.8. The van der Waals surface area contributed by atoms with E-state index in [0.29, 0.717) is 25.3 Å². The highest BCUT2D eigenvalue weighted by Crippen LogP contribution is 2.22. The predicted molar refractivity (Wildman–Crippen MR) is 82.6 cm³/mol. The SMILES string of the molecule is CCNC(=O)c1ccc(C)c(NC2COC(C)(C)OC2)c1. The zero-order chi connectivity index (χ0) is 15.5. The molecule has 0 aliphatic carbocycles. The summed E-state index contributed by atoms with van der Waals surface area (Å²) in [4.78, 5) is 11.9. The van der Waals surface area contributed by atoms with Crippen molar-refractivity contribution in [3.05, 3.63) is 29.3 Å². The first-order valence-corrected chi connectivity index (χ1v) is 7.34. The molecule has 0 aromatic heterocycles. The topological polar surface area (TPSA) is 59.6 Å². The summed E-state index contributed by atoms with van der Waals surface area (Å²) in [7, 11) is 0. The van der Waals surface area contributed by atoms with Crippen molar-refractivity contribution >= 4 is 11.6 Å². The molecule has 1 aromatic carbocycles. The molecule has 116 valence electrons. The average Bonchev–Trinajstić information content (AvgIpc) is 2.43. The van der Waals surface area contributed by atoms with Crippen molar-refractivity contribution in [1.82, 2.24) is 5.32 Å². The summed E-state index contributed by atoms with van der Waals surface area (Å²) in [5.41, 5.74) is 2.69. The van der Waals surface area contributed by atoms with Gasteiger partial charge in [-0.1, -0.05) is 6.07 Å². The fraction of sp³-hybridized carbons (Fsp3) is 0.562. The van der Waals surface area contributed by atoms with Crippen LogP contribution >= 0.6 is 0 Å². The van der Waals surface area contributed by atoms with E-state index < -0.39 is 5.79 Å². The lowest BCUT2D eigenvalue weighted by atomic mass is 10.1. The normalized spacial score (nSPS) is 18.3. The molecule has 1 fully saturated rings. The van der Waals surface area contributed by atoms with Crippen LogP contribution in [0.2, 0.25) is 0 Å². The third-order valence-electron chi connectivity index (χ3n) is 3.46. The Kier molecular flexibility index (Phi) is 4.85. The molecule has 0 unspecified atom stereocenters. The smallest absolute Gasteiger partial charge is 0.251 e. The van der Waals surface area contributed by atoms with E-state index in [2.05, 4.69) is 10.6 Å². The third kappa shape index (κ3) is 4.19. The van der Waals surface area contributed by atoms with Gasteiger partial charge in [-0.25, -0.2) is 0 Å². The molecular formula is C16H24N2O3. The Balaban J connectivity index is 2.06.